The van der Waals surface area contributed by atoms with Crippen LogP contribution in [0.1, 0.15) is 0 Å². The van der Waals surface area contributed by atoms with Gasteiger partial charge in [-0.25, -0.2) is 0 Å². The van der Waals surface area contributed by atoms with Crippen molar-refractivity contribution in [2.45, 2.75) is 0 Å². The number of benzene rings is 1. The molecule has 1 heterocycles. The van der Waals surface area contributed by atoms with Crippen LogP contribution in [-0.2, 0) is 0 Å². The van der Waals surface area contributed by atoms with Gasteiger partial charge in [-0.2, -0.15) is 0 Å². The van der Waals surface area contributed by atoms with Crippen LogP contribution >= 0.6 is 23.2 Å². The van der Waals surface area contributed by atoms with Crippen molar-refractivity contribution in [2.24, 2.45) is 0 Å². The van der Waals surface area contributed by atoms with E-state index in [-0.39, 0.29) is 5.15 Å². The van der Waals surface area contributed by atoms with Crippen molar-refractivity contribution in [3.8, 4) is 11.3 Å². The monoisotopic (exact) mass is 239 g/mol. The number of aromatic nitrogens is 2. The van der Waals surface area contributed by atoms with E-state index in [2.05, 4.69) is 10.2 Å². The highest BCUT2D eigenvalue weighted by Crippen LogP contribution is 2.23. The molecule has 1 aromatic carbocycles. The molecule has 0 radical (unpaired) electrons. The molecule has 0 aliphatic carbocycles. The Kier molecular flexibility index (Phi) is 2.75. The molecule has 76 valence electrons. The Morgan fingerprint density at radius 3 is 2.27 bits per heavy atom. The van der Waals surface area contributed by atoms with Gasteiger partial charge in [-0.15, -0.1) is 10.2 Å². The fraction of sp³-hybridized carbons (Fsp3) is 0. The van der Waals surface area contributed by atoms with Crippen molar-refractivity contribution in [2.75, 3.05) is 5.73 Å². The summed E-state index contributed by atoms with van der Waals surface area (Å²) in [5.41, 5.74) is 7.61. The van der Waals surface area contributed by atoms with Gasteiger partial charge in [-0.1, -0.05) is 35.3 Å². The molecule has 0 unspecified atom stereocenters. The van der Waals surface area contributed by atoms with Crippen LogP contribution in [0, 0.1) is 0 Å². The fourth-order valence-corrected chi connectivity index (χ4v) is 1.37. The summed E-state index contributed by atoms with van der Waals surface area (Å²) < 4.78 is 0. The van der Waals surface area contributed by atoms with Gasteiger partial charge >= 0.3 is 0 Å². The van der Waals surface area contributed by atoms with E-state index in [4.69, 9.17) is 28.9 Å². The first-order valence-corrected chi connectivity index (χ1v) is 4.97. The van der Waals surface area contributed by atoms with Crippen molar-refractivity contribution in [3.05, 3.63) is 40.5 Å². The van der Waals surface area contributed by atoms with E-state index < -0.39 is 0 Å². The molecule has 2 rings (SSSR count). The molecule has 0 amide bonds. The number of nitrogens with two attached hydrogens (primary N) is 1. The smallest absolute Gasteiger partial charge is 0.174 e. The molecule has 0 fully saturated rings. The van der Waals surface area contributed by atoms with E-state index in [1.54, 1.807) is 18.2 Å². The minimum Gasteiger partial charge on any atom is -0.396 e. The van der Waals surface area contributed by atoms with E-state index in [9.17, 15) is 0 Å². The third kappa shape index (κ3) is 2.19. The fourth-order valence-electron chi connectivity index (χ4n) is 1.15. The van der Waals surface area contributed by atoms with Crippen molar-refractivity contribution >= 4 is 28.9 Å². The predicted molar refractivity (Wildman–Crippen MR) is 61.9 cm³/mol. The summed E-state index contributed by atoms with van der Waals surface area (Å²) in [4.78, 5) is 0. The lowest BCUT2D eigenvalue weighted by atomic mass is 10.1. The van der Waals surface area contributed by atoms with Crippen molar-refractivity contribution in [1.29, 1.82) is 0 Å². The summed E-state index contributed by atoms with van der Waals surface area (Å²) in [7, 11) is 0. The topological polar surface area (TPSA) is 51.8 Å². The molecule has 3 nitrogen and oxygen atoms in total. The van der Waals surface area contributed by atoms with E-state index in [0.717, 1.165) is 5.56 Å². The van der Waals surface area contributed by atoms with Crippen LogP contribution in [0.3, 0.4) is 0 Å². The van der Waals surface area contributed by atoms with E-state index >= 15 is 0 Å². The Hall–Kier alpha value is -1.32. The van der Waals surface area contributed by atoms with Gasteiger partial charge in [0.1, 0.15) is 0 Å². The first kappa shape index (κ1) is 10.2. The maximum Gasteiger partial charge on any atom is 0.174 e. The van der Waals surface area contributed by atoms with Crippen molar-refractivity contribution in [1.82, 2.24) is 10.2 Å². The zero-order valence-corrected chi connectivity index (χ0v) is 9.13. The van der Waals surface area contributed by atoms with Crippen LogP contribution in [-0.4, -0.2) is 10.2 Å². The summed E-state index contributed by atoms with van der Waals surface area (Å²) in [5.74, 6) is 0. The molecule has 0 saturated carbocycles. The zero-order valence-electron chi connectivity index (χ0n) is 7.61. The first-order valence-electron chi connectivity index (χ1n) is 4.21. The molecule has 0 aliphatic heterocycles. The van der Waals surface area contributed by atoms with Gasteiger partial charge in [-0.3, -0.25) is 0 Å². The quantitative estimate of drug-likeness (QED) is 0.833. The Balaban J connectivity index is 2.45. The van der Waals surface area contributed by atoms with Crippen LogP contribution in [0.2, 0.25) is 10.2 Å². The molecule has 0 aliphatic rings. The van der Waals surface area contributed by atoms with Gasteiger partial charge in [-0.05, 0) is 18.2 Å². The Bertz CT molecular complexity index is 483. The zero-order chi connectivity index (χ0) is 10.8. The number of hydrogen-bond acceptors (Lipinski definition) is 3. The second-order valence-corrected chi connectivity index (χ2v) is 3.78. The Morgan fingerprint density at radius 1 is 1.00 bits per heavy atom. The molecule has 0 atom stereocenters. The number of nitrogen functional groups attached to an aromatic ring is 1. The summed E-state index contributed by atoms with van der Waals surface area (Å²) in [6.07, 6.45) is 0. The molecule has 1 aromatic heterocycles. The minimum absolute atomic E-state index is 0.215. The predicted octanol–water partition coefficient (Wildman–Crippen LogP) is 3.03. The van der Waals surface area contributed by atoms with Crippen LogP contribution < -0.4 is 5.73 Å². The van der Waals surface area contributed by atoms with E-state index in [1.165, 1.54) is 0 Å². The van der Waals surface area contributed by atoms with Crippen LogP contribution in [0.15, 0.2) is 30.3 Å². The molecule has 0 saturated heterocycles. The van der Waals surface area contributed by atoms with Gasteiger partial charge < -0.3 is 5.73 Å². The largest absolute Gasteiger partial charge is 0.396 e. The Morgan fingerprint density at radius 2 is 1.67 bits per heavy atom. The van der Waals surface area contributed by atoms with E-state index in [1.807, 2.05) is 12.1 Å². The molecule has 2 aromatic rings. The van der Waals surface area contributed by atoms with Gasteiger partial charge in [0.2, 0.25) is 0 Å². The van der Waals surface area contributed by atoms with Crippen LogP contribution in [0.4, 0.5) is 5.69 Å². The lowest BCUT2D eigenvalue weighted by Gasteiger charge is -2.01. The molecule has 2 N–H and O–H groups in total. The van der Waals surface area contributed by atoms with Crippen LogP contribution in [0.5, 0.6) is 0 Å². The third-order valence-electron chi connectivity index (χ3n) is 1.92. The summed E-state index contributed by atoms with van der Waals surface area (Å²) >= 11 is 11.4. The summed E-state index contributed by atoms with van der Waals surface area (Å²) in [5, 5.41) is 8.56. The van der Waals surface area contributed by atoms with Gasteiger partial charge in [0.15, 0.2) is 5.15 Å². The van der Waals surface area contributed by atoms with Gasteiger partial charge in [0.25, 0.3) is 0 Å². The maximum atomic E-state index is 5.77. The minimum atomic E-state index is 0.215. The highest BCUT2D eigenvalue weighted by atomic mass is 35.5. The summed E-state index contributed by atoms with van der Waals surface area (Å²) in [6.45, 7) is 0. The lowest BCUT2D eigenvalue weighted by molar-refractivity contribution is 1.04. The number of anilines is 1. The maximum absolute atomic E-state index is 5.77. The second-order valence-electron chi connectivity index (χ2n) is 2.98. The molecular weight excluding hydrogens is 233 g/mol. The highest BCUT2D eigenvalue weighted by molar-refractivity contribution is 6.31. The number of halogens is 2. The van der Waals surface area contributed by atoms with Crippen molar-refractivity contribution in [3.63, 3.8) is 0 Å². The summed E-state index contributed by atoms with van der Waals surface area (Å²) in [6, 6.07) is 8.94. The first-order chi connectivity index (χ1) is 7.16. The third-order valence-corrected chi connectivity index (χ3v) is 2.46. The molecule has 15 heavy (non-hydrogen) atoms. The number of rotatable bonds is 1. The average molecular weight is 240 g/mol. The number of nitrogens with zero attached hydrogens (tertiary/aromatic N) is 2. The van der Waals surface area contributed by atoms with Gasteiger partial charge in [0.05, 0.1) is 11.4 Å². The van der Waals surface area contributed by atoms with Crippen LogP contribution in [0.25, 0.3) is 11.3 Å². The molecule has 0 bridgehead atoms. The number of hydrogen-bond donors (Lipinski definition) is 1. The van der Waals surface area contributed by atoms with Crippen molar-refractivity contribution < 1.29 is 0 Å². The highest BCUT2D eigenvalue weighted by Gasteiger charge is 2.03. The molecular formula is C10H7Cl2N3. The average Bonchev–Trinajstić information content (AvgIpc) is 2.23. The van der Waals surface area contributed by atoms with E-state index in [0.29, 0.717) is 16.4 Å². The lowest BCUT2D eigenvalue weighted by Crippen LogP contribution is -1.94. The SMILES string of the molecule is Nc1cc(-c2ccc(Cl)cc2)nnc1Cl. The second kappa shape index (κ2) is 4.04. The normalized spacial score (nSPS) is 10.3. The standard InChI is InChI=1S/C10H7Cl2N3/c11-7-3-1-6(2-4-7)9-5-8(13)10(12)15-14-9/h1-5H,(H2,13,14). The molecule has 0 spiro atoms. The Labute approximate surface area is 96.8 Å². The van der Waals surface area contributed by atoms with Gasteiger partial charge in [0, 0.05) is 10.6 Å². The molecule has 5 heteroatoms.